The first-order valence-corrected chi connectivity index (χ1v) is 12.3. The number of likely N-dealkylation sites (tertiary alicyclic amines) is 1. The molecule has 4 saturated heterocycles. The lowest BCUT2D eigenvalue weighted by Gasteiger charge is -2.42. The third-order valence-corrected chi connectivity index (χ3v) is 8.29. The Balaban J connectivity index is 1.19. The molecule has 6 atom stereocenters. The van der Waals surface area contributed by atoms with Gasteiger partial charge in [0.2, 0.25) is 11.8 Å². The Bertz CT molecular complexity index is 809. The molecule has 4 aliphatic heterocycles. The molecule has 10 nitrogen and oxygen atoms in total. The third-order valence-electron chi connectivity index (χ3n) is 8.29. The number of hydrazine groups is 1. The summed E-state index contributed by atoms with van der Waals surface area (Å²) >= 11 is 0. The minimum atomic E-state index is -0.990. The van der Waals surface area contributed by atoms with Crippen molar-refractivity contribution in [2.45, 2.75) is 56.6 Å². The topological polar surface area (TPSA) is 139 Å². The molecule has 1 saturated carbocycles. The Morgan fingerprint density at radius 2 is 1.94 bits per heavy atom. The van der Waals surface area contributed by atoms with Gasteiger partial charge >= 0.3 is 0 Å². The van der Waals surface area contributed by atoms with Gasteiger partial charge in [0.05, 0.1) is 24.3 Å². The maximum absolute atomic E-state index is 13.7. The normalized spacial score (nSPS) is 38.9. The fourth-order valence-corrected chi connectivity index (χ4v) is 6.19. The van der Waals surface area contributed by atoms with Gasteiger partial charge in [-0.3, -0.25) is 14.9 Å². The molecule has 0 aromatic carbocycles. The molecule has 0 radical (unpaired) electrons. The van der Waals surface area contributed by atoms with Crippen LogP contribution in [-0.4, -0.2) is 85.5 Å². The van der Waals surface area contributed by atoms with Gasteiger partial charge in [0.25, 0.3) is 0 Å². The number of nitrogens with zero attached hydrogens (tertiary/aromatic N) is 3. The van der Waals surface area contributed by atoms with E-state index in [0.29, 0.717) is 44.3 Å². The van der Waals surface area contributed by atoms with E-state index in [2.05, 4.69) is 27.4 Å². The maximum Gasteiger partial charge on any atom is 0.243 e. The number of rotatable bonds is 4. The fourth-order valence-electron chi connectivity index (χ4n) is 6.19. The highest BCUT2D eigenvalue weighted by Gasteiger charge is 2.53. The number of fused-ring (bicyclic) bond motifs is 1. The minimum Gasteiger partial charge on any atom is -0.351 e. The Morgan fingerprint density at radius 3 is 2.64 bits per heavy atom. The molecule has 6 unspecified atom stereocenters. The molecule has 0 aromatic heterocycles. The number of hydrogen-bond acceptors (Lipinski definition) is 8. The number of carbonyl (C=O) groups excluding carboxylic acids is 2. The molecule has 4 heterocycles. The van der Waals surface area contributed by atoms with Crippen molar-refractivity contribution in [3.63, 3.8) is 0 Å². The Morgan fingerprint density at radius 1 is 1.18 bits per heavy atom. The van der Waals surface area contributed by atoms with Crippen LogP contribution in [-0.2, 0) is 9.59 Å². The van der Waals surface area contributed by atoms with E-state index < -0.39 is 23.7 Å². The van der Waals surface area contributed by atoms with Crippen LogP contribution < -0.4 is 27.1 Å². The molecule has 5 fully saturated rings. The fraction of sp³-hybridized carbons (Fsp3) is 0.864. The summed E-state index contributed by atoms with van der Waals surface area (Å²) in [6, 6.07) is 2.21. The van der Waals surface area contributed by atoms with E-state index in [-0.39, 0.29) is 37.1 Å². The molecular formula is C22H35FN8O2. The van der Waals surface area contributed by atoms with E-state index >= 15 is 0 Å². The number of halogens is 1. The van der Waals surface area contributed by atoms with Gasteiger partial charge in [-0.2, -0.15) is 5.26 Å². The van der Waals surface area contributed by atoms with E-state index in [9.17, 15) is 19.2 Å². The lowest BCUT2D eigenvalue weighted by molar-refractivity contribution is -0.136. The molecule has 182 valence electrons. The predicted molar refractivity (Wildman–Crippen MR) is 117 cm³/mol. The average Bonchev–Trinajstić information content (AvgIpc) is 3.55. The molecule has 0 aromatic rings. The van der Waals surface area contributed by atoms with Crippen LogP contribution in [0.1, 0.15) is 32.1 Å². The molecule has 0 spiro atoms. The highest BCUT2D eigenvalue weighted by molar-refractivity contribution is 5.88. The second-order valence-corrected chi connectivity index (χ2v) is 10.4. The summed E-state index contributed by atoms with van der Waals surface area (Å²) in [7, 11) is 0. The van der Waals surface area contributed by atoms with Gasteiger partial charge in [-0.25, -0.2) is 14.8 Å². The standard InChI is InChI=1S/C22H35FN8O2/c23-14-9-27-19-17(18(25)29-31(19)11-14)20(32)28-16-10-26-6-1-15(16)13-2-7-30(8-3-13)21(33)22(12-24)4-5-22/h13-19,26-27,29H,1-11,25H2,(H,28,32). The zero-order valence-electron chi connectivity index (χ0n) is 18.9. The lowest BCUT2D eigenvalue weighted by Crippen LogP contribution is -2.61. The number of nitrogens with one attached hydrogen (secondary N) is 4. The number of hydrogen-bond donors (Lipinski definition) is 5. The van der Waals surface area contributed by atoms with Gasteiger partial charge in [-0.1, -0.05) is 0 Å². The summed E-state index contributed by atoms with van der Waals surface area (Å²) in [4.78, 5) is 27.8. The van der Waals surface area contributed by atoms with E-state index in [4.69, 9.17) is 5.73 Å². The number of alkyl halides is 1. The van der Waals surface area contributed by atoms with E-state index in [1.54, 1.807) is 5.01 Å². The lowest BCUT2D eigenvalue weighted by atomic mass is 9.76. The van der Waals surface area contributed by atoms with E-state index in [1.165, 1.54) is 0 Å². The smallest absolute Gasteiger partial charge is 0.243 e. The zero-order chi connectivity index (χ0) is 23.2. The summed E-state index contributed by atoms with van der Waals surface area (Å²) < 4.78 is 13.7. The van der Waals surface area contributed by atoms with Crippen molar-refractivity contribution in [2.24, 2.45) is 28.9 Å². The Kier molecular flexibility index (Phi) is 6.30. The molecular weight excluding hydrogens is 427 g/mol. The summed E-state index contributed by atoms with van der Waals surface area (Å²) in [5, 5.41) is 20.8. The van der Waals surface area contributed by atoms with Crippen LogP contribution in [0.15, 0.2) is 0 Å². The van der Waals surface area contributed by atoms with Crippen molar-refractivity contribution < 1.29 is 14.0 Å². The monoisotopic (exact) mass is 462 g/mol. The van der Waals surface area contributed by atoms with Crippen LogP contribution >= 0.6 is 0 Å². The van der Waals surface area contributed by atoms with Gasteiger partial charge in [-0.05, 0) is 50.5 Å². The third kappa shape index (κ3) is 4.35. The van der Waals surface area contributed by atoms with Gasteiger partial charge in [0.15, 0.2) is 0 Å². The van der Waals surface area contributed by atoms with Crippen molar-refractivity contribution >= 4 is 11.8 Å². The Hall–Kier alpha value is -1.84. The second-order valence-electron chi connectivity index (χ2n) is 10.4. The summed E-state index contributed by atoms with van der Waals surface area (Å²) in [6.07, 6.45) is 2.26. The van der Waals surface area contributed by atoms with Gasteiger partial charge in [0, 0.05) is 38.8 Å². The van der Waals surface area contributed by atoms with Crippen LogP contribution in [0.2, 0.25) is 0 Å². The van der Waals surface area contributed by atoms with Crippen molar-refractivity contribution in [3.05, 3.63) is 0 Å². The molecule has 0 bridgehead atoms. The molecule has 5 rings (SSSR count). The van der Waals surface area contributed by atoms with Crippen LogP contribution in [0.25, 0.3) is 0 Å². The zero-order valence-corrected chi connectivity index (χ0v) is 18.9. The van der Waals surface area contributed by atoms with E-state index in [0.717, 1.165) is 25.8 Å². The SMILES string of the molecule is N#CC1(C(=O)N2CCC(C3CCNCC3NC(=O)C3C(N)NN4CC(F)CNC34)CC2)CC1. The largest absolute Gasteiger partial charge is 0.351 e. The quantitative estimate of drug-likeness (QED) is 0.344. The van der Waals surface area contributed by atoms with E-state index in [1.807, 2.05) is 4.90 Å². The van der Waals surface area contributed by atoms with Crippen LogP contribution in [0.3, 0.4) is 0 Å². The number of nitrogens with two attached hydrogens (primary N) is 1. The number of carbonyl (C=O) groups is 2. The summed E-state index contributed by atoms with van der Waals surface area (Å²) in [5.74, 6) is 0.144. The van der Waals surface area contributed by atoms with Gasteiger partial charge in [-0.15, -0.1) is 0 Å². The number of nitriles is 1. The first-order valence-electron chi connectivity index (χ1n) is 12.3. The first kappa shape index (κ1) is 22.9. The molecule has 5 aliphatic rings. The molecule has 6 N–H and O–H groups in total. The molecule has 2 amide bonds. The molecule has 33 heavy (non-hydrogen) atoms. The van der Waals surface area contributed by atoms with Crippen molar-refractivity contribution in [1.82, 2.24) is 31.3 Å². The highest BCUT2D eigenvalue weighted by atomic mass is 19.1. The van der Waals surface area contributed by atoms with Gasteiger partial charge in [0.1, 0.15) is 11.6 Å². The molecule has 1 aliphatic carbocycles. The van der Waals surface area contributed by atoms with Crippen molar-refractivity contribution in [2.75, 3.05) is 39.3 Å². The summed E-state index contributed by atoms with van der Waals surface area (Å²) in [6.45, 7) is 3.41. The van der Waals surface area contributed by atoms with Crippen LogP contribution in [0.5, 0.6) is 0 Å². The van der Waals surface area contributed by atoms with Crippen LogP contribution in [0, 0.1) is 34.5 Å². The maximum atomic E-state index is 13.7. The number of piperidine rings is 2. The molecule has 11 heteroatoms. The minimum absolute atomic E-state index is 0.00129. The summed E-state index contributed by atoms with van der Waals surface area (Å²) in [5.41, 5.74) is 8.49. The van der Waals surface area contributed by atoms with Crippen LogP contribution in [0.4, 0.5) is 4.39 Å². The van der Waals surface area contributed by atoms with Crippen molar-refractivity contribution in [3.8, 4) is 6.07 Å². The van der Waals surface area contributed by atoms with Crippen molar-refractivity contribution in [1.29, 1.82) is 5.26 Å². The Labute approximate surface area is 193 Å². The first-order chi connectivity index (χ1) is 15.9. The highest BCUT2D eigenvalue weighted by Crippen LogP contribution is 2.47. The second kappa shape index (κ2) is 9.07. The number of amides is 2. The average molecular weight is 463 g/mol. The van der Waals surface area contributed by atoms with Gasteiger partial charge < -0.3 is 21.3 Å². The predicted octanol–water partition coefficient (Wildman–Crippen LogP) is -1.39.